The highest BCUT2D eigenvalue weighted by molar-refractivity contribution is 5.86. The molecule has 1 fully saturated rings. The summed E-state index contributed by atoms with van der Waals surface area (Å²) in [4.78, 5) is 28.1. The molecular weight excluding hydrogens is 244 g/mol. The van der Waals surface area contributed by atoms with Crippen LogP contribution >= 0.6 is 0 Å². The maximum atomic E-state index is 11.6. The van der Waals surface area contributed by atoms with E-state index in [-0.39, 0.29) is 5.69 Å². The van der Waals surface area contributed by atoms with E-state index in [1.165, 1.54) is 0 Å². The summed E-state index contributed by atoms with van der Waals surface area (Å²) in [5, 5.41) is 9.53. The lowest BCUT2D eigenvalue weighted by atomic mass is 9.63. The van der Waals surface area contributed by atoms with Crippen molar-refractivity contribution in [1.29, 1.82) is 0 Å². The quantitative estimate of drug-likeness (QED) is 0.785. The monoisotopic (exact) mass is 258 g/mol. The number of aliphatic carboxylic acids is 1. The molecule has 1 aliphatic rings. The third-order valence-electron chi connectivity index (χ3n) is 3.95. The Morgan fingerprint density at radius 2 is 2.00 bits per heavy atom. The number of H-pyrrole nitrogens is 2. The number of carboxylic acid groups (broad SMARTS) is 1. The van der Waals surface area contributed by atoms with Crippen molar-refractivity contribution in [2.45, 2.75) is 24.7 Å². The third-order valence-corrected chi connectivity index (χ3v) is 3.95. The second-order valence-corrected chi connectivity index (χ2v) is 4.94. The van der Waals surface area contributed by atoms with Crippen molar-refractivity contribution < 1.29 is 9.90 Å². The summed E-state index contributed by atoms with van der Waals surface area (Å²) in [6, 6.07) is 7.37. The summed E-state index contributed by atoms with van der Waals surface area (Å²) < 4.78 is 0. The van der Waals surface area contributed by atoms with Crippen LogP contribution in [0.15, 0.2) is 35.3 Å². The van der Waals surface area contributed by atoms with Gasteiger partial charge in [0.25, 0.3) is 0 Å². The largest absolute Gasteiger partial charge is 0.481 e. The van der Waals surface area contributed by atoms with E-state index >= 15 is 0 Å². The first-order valence-electron chi connectivity index (χ1n) is 6.24. The summed E-state index contributed by atoms with van der Waals surface area (Å²) >= 11 is 0. The summed E-state index contributed by atoms with van der Waals surface area (Å²) in [7, 11) is 0. The summed E-state index contributed by atoms with van der Waals surface area (Å²) in [6.07, 6.45) is 3.79. The lowest BCUT2D eigenvalue weighted by Crippen LogP contribution is -2.42. The Morgan fingerprint density at radius 1 is 1.26 bits per heavy atom. The number of hydrogen-bond donors (Lipinski definition) is 3. The molecule has 1 aromatic heterocycles. The van der Waals surface area contributed by atoms with Gasteiger partial charge in [0.1, 0.15) is 0 Å². The first-order chi connectivity index (χ1) is 9.13. The molecule has 19 heavy (non-hydrogen) atoms. The van der Waals surface area contributed by atoms with Gasteiger partial charge in [-0.1, -0.05) is 30.7 Å². The Kier molecular flexibility index (Phi) is 2.55. The summed E-state index contributed by atoms with van der Waals surface area (Å²) in [5.41, 5.74) is 1.10. The molecule has 0 atom stereocenters. The van der Waals surface area contributed by atoms with Gasteiger partial charge in [-0.15, -0.1) is 0 Å². The van der Waals surface area contributed by atoms with Gasteiger partial charge in [-0.2, -0.15) is 0 Å². The fraction of sp³-hybridized carbons (Fsp3) is 0.286. The topological polar surface area (TPSA) is 85.9 Å². The van der Waals surface area contributed by atoms with Gasteiger partial charge in [0.15, 0.2) is 0 Å². The van der Waals surface area contributed by atoms with E-state index in [9.17, 15) is 14.7 Å². The zero-order valence-electron chi connectivity index (χ0n) is 10.3. The Labute approximate surface area is 109 Å². The molecule has 0 amide bonds. The van der Waals surface area contributed by atoms with Gasteiger partial charge in [0.2, 0.25) is 0 Å². The number of hydrogen-bond acceptors (Lipinski definition) is 2. The number of rotatable bonds is 3. The molecule has 2 aromatic rings. The van der Waals surface area contributed by atoms with Crippen molar-refractivity contribution in [2.75, 3.05) is 0 Å². The average Bonchev–Trinajstić information content (AvgIpc) is 2.74. The second kappa shape index (κ2) is 4.12. The van der Waals surface area contributed by atoms with Crippen LogP contribution in [-0.2, 0) is 10.2 Å². The lowest BCUT2D eigenvalue weighted by molar-refractivity contribution is -0.147. The van der Waals surface area contributed by atoms with Crippen LogP contribution in [0.4, 0.5) is 0 Å². The van der Waals surface area contributed by atoms with E-state index in [2.05, 4.69) is 9.97 Å². The second-order valence-electron chi connectivity index (χ2n) is 4.94. The first-order valence-corrected chi connectivity index (χ1v) is 6.24. The highest BCUT2D eigenvalue weighted by atomic mass is 16.4. The highest BCUT2D eigenvalue weighted by Crippen LogP contribution is 2.46. The highest BCUT2D eigenvalue weighted by Gasteiger charge is 2.47. The molecule has 5 nitrogen and oxygen atoms in total. The smallest absolute Gasteiger partial charge is 0.323 e. The van der Waals surface area contributed by atoms with Gasteiger partial charge in [0, 0.05) is 11.8 Å². The number of aromatic nitrogens is 2. The van der Waals surface area contributed by atoms with Gasteiger partial charge >= 0.3 is 11.7 Å². The van der Waals surface area contributed by atoms with Gasteiger partial charge in [-0.3, -0.25) is 4.79 Å². The minimum absolute atomic E-state index is 0.289. The fourth-order valence-corrected chi connectivity index (χ4v) is 2.74. The zero-order valence-corrected chi connectivity index (χ0v) is 10.3. The first kappa shape index (κ1) is 11.8. The van der Waals surface area contributed by atoms with Crippen molar-refractivity contribution in [2.24, 2.45) is 0 Å². The van der Waals surface area contributed by atoms with E-state index in [0.29, 0.717) is 18.5 Å². The maximum absolute atomic E-state index is 11.6. The Bertz CT molecular complexity index is 680. The van der Waals surface area contributed by atoms with Crippen molar-refractivity contribution in [3.05, 3.63) is 46.5 Å². The van der Waals surface area contributed by atoms with Crippen LogP contribution in [0, 0.1) is 0 Å². The van der Waals surface area contributed by atoms with Gasteiger partial charge in [-0.05, 0) is 18.4 Å². The molecule has 1 heterocycles. The molecule has 0 radical (unpaired) electrons. The maximum Gasteiger partial charge on any atom is 0.323 e. The lowest BCUT2D eigenvalue weighted by Gasteiger charge is -2.39. The number of carbonyl (C=O) groups is 1. The minimum Gasteiger partial charge on any atom is -0.481 e. The molecule has 0 bridgehead atoms. The number of aromatic amines is 2. The minimum atomic E-state index is -0.801. The van der Waals surface area contributed by atoms with E-state index in [1.54, 1.807) is 6.20 Å². The van der Waals surface area contributed by atoms with Crippen LogP contribution in [-0.4, -0.2) is 21.0 Å². The number of nitrogens with one attached hydrogen (secondary N) is 2. The van der Waals surface area contributed by atoms with Crippen LogP contribution in [0.1, 0.15) is 24.8 Å². The van der Waals surface area contributed by atoms with Crippen LogP contribution < -0.4 is 5.69 Å². The third kappa shape index (κ3) is 1.69. The Morgan fingerprint density at radius 3 is 2.53 bits per heavy atom. The van der Waals surface area contributed by atoms with Crippen LogP contribution in [0.25, 0.3) is 11.3 Å². The molecule has 0 aliphatic heterocycles. The Hall–Kier alpha value is -2.30. The SMILES string of the molecule is O=C(O)C1(c2ccccc2-c2c[nH]c(=O)[nH]2)CCC1. The number of carboxylic acids is 1. The van der Waals surface area contributed by atoms with Crippen molar-refractivity contribution in [3.8, 4) is 11.3 Å². The summed E-state index contributed by atoms with van der Waals surface area (Å²) in [5.74, 6) is -0.788. The van der Waals surface area contributed by atoms with E-state index in [4.69, 9.17) is 0 Å². The molecule has 1 aliphatic carbocycles. The molecule has 0 saturated heterocycles. The molecule has 1 saturated carbocycles. The standard InChI is InChI=1S/C14H14N2O3/c17-12(18)14(6-3-7-14)10-5-2-1-4-9(10)11-8-15-13(19)16-11/h1-2,4-5,8H,3,6-7H2,(H,17,18)(H2,15,16,19). The molecule has 0 unspecified atom stereocenters. The molecular formula is C14H14N2O3. The van der Waals surface area contributed by atoms with Gasteiger partial charge in [0.05, 0.1) is 11.1 Å². The molecule has 3 rings (SSSR count). The molecule has 1 aromatic carbocycles. The summed E-state index contributed by atoms with van der Waals surface area (Å²) in [6.45, 7) is 0. The fourth-order valence-electron chi connectivity index (χ4n) is 2.74. The van der Waals surface area contributed by atoms with E-state index in [1.807, 2.05) is 24.3 Å². The number of benzene rings is 1. The Balaban J connectivity index is 2.17. The molecule has 98 valence electrons. The molecule has 5 heteroatoms. The van der Waals surface area contributed by atoms with E-state index < -0.39 is 11.4 Å². The van der Waals surface area contributed by atoms with Gasteiger partial charge in [-0.25, -0.2) is 4.79 Å². The van der Waals surface area contributed by atoms with Crippen molar-refractivity contribution in [1.82, 2.24) is 9.97 Å². The van der Waals surface area contributed by atoms with Crippen LogP contribution in [0.5, 0.6) is 0 Å². The van der Waals surface area contributed by atoms with Crippen LogP contribution in [0.2, 0.25) is 0 Å². The van der Waals surface area contributed by atoms with E-state index in [0.717, 1.165) is 17.5 Å². The van der Waals surface area contributed by atoms with Crippen molar-refractivity contribution in [3.63, 3.8) is 0 Å². The predicted molar refractivity (Wildman–Crippen MR) is 70.0 cm³/mol. The normalized spacial score (nSPS) is 16.8. The zero-order chi connectivity index (χ0) is 13.5. The van der Waals surface area contributed by atoms with Gasteiger partial charge < -0.3 is 15.1 Å². The number of imidazole rings is 1. The van der Waals surface area contributed by atoms with Crippen molar-refractivity contribution >= 4 is 5.97 Å². The average molecular weight is 258 g/mol. The predicted octanol–water partition coefficient (Wildman–Crippen LogP) is 1.88. The molecule has 0 spiro atoms. The van der Waals surface area contributed by atoms with Crippen LogP contribution in [0.3, 0.4) is 0 Å². The molecule has 3 N–H and O–H groups in total.